The molecule has 0 atom stereocenters. The first-order valence-electron chi connectivity index (χ1n) is 18.8. The number of fused-ring (bicyclic) bond motifs is 8. The van der Waals surface area contributed by atoms with Crippen LogP contribution >= 0.6 is 0 Å². The van der Waals surface area contributed by atoms with Crippen molar-refractivity contribution < 1.29 is 0 Å². The van der Waals surface area contributed by atoms with E-state index in [1.807, 2.05) is 0 Å². The predicted molar refractivity (Wildman–Crippen MR) is 229 cm³/mol. The Kier molecular flexibility index (Phi) is 6.17. The second-order valence-electron chi connectivity index (χ2n) is 14.4. The van der Waals surface area contributed by atoms with Crippen LogP contribution in [0.1, 0.15) is 0 Å². The fourth-order valence-corrected chi connectivity index (χ4v) is 9.22. The zero-order chi connectivity index (χ0) is 36.1. The van der Waals surface area contributed by atoms with E-state index < -0.39 is 5.91 Å². The van der Waals surface area contributed by atoms with E-state index in [2.05, 4.69) is 224 Å². The second-order valence-corrected chi connectivity index (χ2v) is 14.4. The van der Waals surface area contributed by atoms with Crippen LogP contribution in [0.3, 0.4) is 0 Å². The zero-order valence-electron chi connectivity index (χ0n) is 29.8. The summed E-state index contributed by atoms with van der Waals surface area (Å²) in [6, 6.07) is 69.9. The van der Waals surface area contributed by atoms with Crippen molar-refractivity contribution >= 4 is 77.7 Å². The van der Waals surface area contributed by atoms with Crippen LogP contribution in [0, 0.1) is 0 Å². The summed E-state index contributed by atoms with van der Waals surface area (Å²) in [6.07, 6.45) is 0. The highest BCUT2D eigenvalue weighted by molar-refractivity contribution is 6.10. The minimum atomic E-state index is -0.910. The molecule has 10 aromatic rings. The number of nitrogens with one attached hydrogen (secondary N) is 2. The molecule has 2 aromatic heterocycles. The van der Waals surface area contributed by atoms with Gasteiger partial charge in [0.25, 0.3) is 5.91 Å². The average Bonchev–Trinajstić information content (AvgIpc) is 3.97. The van der Waals surface area contributed by atoms with E-state index in [0.29, 0.717) is 0 Å². The summed E-state index contributed by atoms with van der Waals surface area (Å²) < 4.78 is 4.78. The number of hydrogen-bond donors (Lipinski definition) is 2. The highest BCUT2D eigenvalue weighted by Crippen LogP contribution is 2.56. The molecule has 0 amide bonds. The van der Waals surface area contributed by atoms with Gasteiger partial charge in [-0.25, -0.2) is 0 Å². The number of nitrogens with zero attached hydrogens (tertiary/aromatic N) is 4. The van der Waals surface area contributed by atoms with Crippen LogP contribution in [0.15, 0.2) is 194 Å². The molecular weight excluding hydrogens is 673 g/mol. The molecule has 55 heavy (non-hydrogen) atoms. The van der Waals surface area contributed by atoms with E-state index in [1.165, 1.54) is 43.6 Å². The Labute approximate surface area is 317 Å². The molecule has 4 heterocycles. The molecule has 0 bridgehead atoms. The van der Waals surface area contributed by atoms with Gasteiger partial charge in [-0.2, -0.15) is 0 Å². The van der Waals surface area contributed by atoms with Gasteiger partial charge in [0, 0.05) is 44.3 Å². The third-order valence-electron chi connectivity index (χ3n) is 11.4. The average molecular weight is 707 g/mol. The van der Waals surface area contributed by atoms with Gasteiger partial charge in [0.05, 0.1) is 44.8 Å². The van der Waals surface area contributed by atoms with Gasteiger partial charge in [0.1, 0.15) is 0 Å². The van der Waals surface area contributed by atoms with Gasteiger partial charge in [-0.1, -0.05) is 109 Å². The van der Waals surface area contributed by atoms with E-state index in [4.69, 9.17) is 0 Å². The number of para-hydroxylation sites is 8. The van der Waals surface area contributed by atoms with Gasteiger partial charge in [0.2, 0.25) is 0 Å². The summed E-state index contributed by atoms with van der Waals surface area (Å²) in [5.41, 5.74) is 13.3. The largest absolute Gasteiger partial charge is 0.325 e. The maximum absolute atomic E-state index is 4.01. The van der Waals surface area contributed by atoms with E-state index in [-0.39, 0.29) is 0 Å². The monoisotopic (exact) mass is 706 g/mol. The van der Waals surface area contributed by atoms with Gasteiger partial charge in [-0.3, -0.25) is 9.80 Å². The molecule has 260 valence electrons. The maximum atomic E-state index is 4.01. The highest BCUT2D eigenvalue weighted by atomic mass is 15.7. The van der Waals surface area contributed by atoms with E-state index >= 15 is 0 Å². The molecular formula is C49H34N6. The van der Waals surface area contributed by atoms with Crippen molar-refractivity contribution in [2.45, 2.75) is 5.91 Å². The lowest BCUT2D eigenvalue weighted by Gasteiger charge is -2.43. The molecule has 0 aliphatic carbocycles. The number of anilines is 6. The number of benzene rings is 8. The van der Waals surface area contributed by atoms with E-state index in [1.54, 1.807) is 0 Å². The lowest BCUT2D eigenvalue weighted by atomic mass is 10.2. The van der Waals surface area contributed by atoms with Crippen LogP contribution in [-0.4, -0.2) is 15.0 Å². The lowest BCUT2D eigenvalue weighted by Crippen LogP contribution is -2.62. The van der Waals surface area contributed by atoms with E-state index in [0.717, 1.165) is 45.5 Å². The Morgan fingerprint density at radius 1 is 0.309 bits per heavy atom. The molecule has 6 heteroatoms. The fraction of sp³-hybridized carbons (Fsp3) is 0.0204. The van der Waals surface area contributed by atoms with Crippen molar-refractivity contribution in [3.63, 3.8) is 0 Å². The van der Waals surface area contributed by atoms with Gasteiger partial charge >= 0.3 is 0 Å². The quantitative estimate of drug-likeness (QED) is 0.191. The summed E-state index contributed by atoms with van der Waals surface area (Å²) in [5, 5.41) is 13.0. The van der Waals surface area contributed by atoms with Crippen molar-refractivity contribution in [3.05, 3.63) is 194 Å². The summed E-state index contributed by atoms with van der Waals surface area (Å²) in [4.78, 5) is 4.85. The van der Waals surface area contributed by atoms with Crippen molar-refractivity contribution in [1.82, 2.24) is 9.13 Å². The Morgan fingerprint density at radius 2 is 0.636 bits per heavy atom. The second kappa shape index (κ2) is 11.3. The number of aromatic nitrogens is 2. The van der Waals surface area contributed by atoms with Crippen LogP contribution in [0.5, 0.6) is 0 Å². The SMILES string of the molecule is c1cc(N2c3ccccc3N(c3cccc(-n4c5ccccc5c5ccccc54)c3)C23Nc2ccccc2N3)cc(-n2c3ccccc3c3ccccc32)c1. The Balaban J connectivity index is 1.08. The first-order valence-corrected chi connectivity index (χ1v) is 18.8. The Hall–Kier alpha value is -7.44. The van der Waals surface area contributed by atoms with Gasteiger partial charge in [-0.15, -0.1) is 0 Å². The van der Waals surface area contributed by atoms with E-state index in [9.17, 15) is 0 Å². The van der Waals surface area contributed by atoms with Crippen LogP contribution in [-0.2, 0) is 0 Å². The molecule has 2 N–H and O–H groups in total. The lowest BCUT2D eigenvalue weighted by molar-refractivity contribution is 0.590. The molecule has 2 aliphatic rings. The molecule has 0 saturated carbocycles. The molecule has 8 aromatic carbocycles. The minimum absolute atomic E-state index is 0.910. The number of rotatable bonds is 4. The summed E-state index contributed by atoms with van der Waals surface area (Å²) in [5.74, 6) is -0.910. The predicted octanol–water partition coefficient (Wildman–Crippen LogP) is 12.3. The van der Waals surface area contributed by atoms with Crippen molar-refractivity contribution in [2.75, 3.05) is 20.4 Å². The zero-order valence-corrected chi connectivity index (χ0v) is 29.8. The first kappa shape index (κ1) is 30.1. The molecule has 0 unspecified atom stereocenters. The molecule has 0 radical (unpaired) electrons. The molecule has 6 nitrogen and oxygen atoms in total. The van der Waals surface area contributed by atoms with Gasteiger partial charge in [-0.05, 0) is 84.9 Å². The van der Waals surface area contributed by atoms with Crippen molar-refractivity contribution in [3.8, 4) is 11.4 Å². The third-order valence-corrected chi connectivity index (χ3v) is 11.4. The highest BCUT2D eigenvalue weighted by Gasteiger charge is 2.55. The Morgan fingerprint density at radius 3 is 1.04 bits per heavy atom. The molecule has 0 fully saturated rings. The molecule has 12 rings (SSSR count). The molecule has 0 saturated heterocycles. The van der Waals surface area contributed by atoms with Crippen molar-refractivity contribution in [1.29, 1.82) is 0 Å². The minimum Gasteiger partial charge on any atom is -0.325 e. The smallest absolute Gasteiger partial charge is 0.282 e. The van der Waals surface area contributed by atoms with Crippen LogP contribution in [0.2, 0.25) is 0 Å². The maximum Gasteiger partial charge on any atom is 0.282 e. The third kappa shape index (κ3) is 4.19. The Bertz CT molecular complexity index is 2840. The molecule has 1 spiro atoms. The summed E-state index contributed by atoms with van der Waals surface area (Å²) in [6.45, 7) is 0. The fourth-order valence-electron chi connectivity index (χ4n) is 9.22. The van der Waals surface area contributed by atoms with Gasteiger partial charge in [0.15, 0.2) is 0 Å². The summed E-state index contributed by atoms with van der Waals surface area (Å²) in [7, 11) is 0. The summed E-state index contributed by atoms with van der Waals surface area (Å²) >= 11 is 0. The normalized spacial score (nSPS) is 14.2. The van der Waals surface area contributed by atoms with Gasteiger partial charge < -0.3 is 19.8 Å². The van der Waals surface area contributed by atoms with Crippen LogP contribution in [0.25, 0.3) is 55.0 Å². The number of hydrogen-bond acceptors (Lipinski definition) is 4. The first-order chi connectivity index (χ1) is 27.3. The topological polar surface area (TPSA) is 40.4 Å². The van der Waals surface area contributed by atoms with Crippen molar-refractivity contribution in [2.24, 2.45) is 0 Å². The van der Waals surface area contributed by atoms with Crippen LogP contribution in [0.4, 0.5) is 34.1 Å². The van der Waals surface area contributed by atoms with Crippen LogP contribution < -0.4 is 20.4 Å². The molecule has 2 aliphatic heterocycles. The standard InChI is InChI=1S/C49H34N6/c1-7-25-43-37(19-1)38-20-2-8-26-44(38)52(43)33-15-13-17-35(31-33)54-47-29-11-12-30-48(47)55(49(54)50-41-23-5-6-24-42(41)51-49)36-18-14-16-34(32-36)53-45-27-9-3-21-39(45)40-22-4-10-28-46(40)53/h1-32,50-51H.